The monoisotopic (exact) mass is 488 g/mol. The molecule has 0 radical (unpaired) electrons. The summed E-state index contributed by atoms with van der Waals surface area (Å²) < 4.78 is 16.5. The van der Waals surface area contributed by atoms with Gasteiger partial charge in [-0.3, -0.25) is 9.59 Å². The molecule has 0 aromatic heterocycles. The van der Waals surface area contributed by atoms with Crippen molar-refractivity contribution in [1.29, 1.82) is 0 Å². The minimum absolute atomic E-state index is 0.0332. The molecule has 0 amide bonds. The second-order valence-electron chi connectivity index (χ2n) is 8.90. The molecule has 0 aliphatic carbocycles. The van der Waals surface area contributed by atoms with Gasteiger partial charge in [0.05, 0.1) is 19.6 Å². The van der Waals surface area contributed by atoms with Crippen LogP contribution in [0.5, 0.6) is 0 Å². The van der Waals surface area contributed by atoms with Crippen molar-refractivity contribution in [2.75, 3.05) is 19.8 Å². The van der Waals surface area contributed by atoms with Gasteiger partial charge in [-0.15, -0.1) is 11.8 Å². The summed E-state index contributed by atoms with van der Waals surface area (Å²) in [5, 5.41) is -0.580. The van der Waals surface area contributed by atoms with Gasteiger partial charge in [0, 0.05) is 6.61 Å². The molecule has 1 unspecified atom stereocenters. The van der Waals surface area contributed by atoms with Gasteiger partial charge >= 0.3 is 11.9 Å². The van der Waals surface area contributed by atoms with E-state index in [1.807, 2.05) is 13.8 Å². The Morgan fingerprint density at radius 3 is 1.67 bits per heavy atom. The summed E-state index contributed by atoms with van der Waals surface area (Å²) in [4.78, 5) is 24.6. The third-order valence-corrected chi connectivity index (χ3v) is 6.78. The standard InChI is InChI=1S/C27H52O5S/c1-5-8-11-12-13-14-15-16-17-18-19-22-30-24(4)33-25(27(29)32-21-10-7-3)23-26(28)31-20-9-6-2/h24-25H,5-23H2,1-4H3/t24-,25?/m0/s1. The molecule has 0 fully saturated rings. The lowest BCUT2D eigenvalue weighted by Gasteiger charge is -2.20. The predicted octanol–water partition coefficient (Wildman–Crippen LogP) is 7.84. The van der Waals surface area contributed by atoms with Gasteiger partial charge in [-0.05, 0) is 26.2 Å². The van der Waals surface area contributed by atoms with Crippen LogP contribution in [0.15, 0.2) is 0 Å². The molecule has 0 heterocycles. The minimum Gasteiger partial charge on any atom is -0.466 e. The summed E-state index contributed by atoms with van der Waals surface area (Å²) in [6, 6.07) is 0. The third kappa shape index (κ3) is 21.5. The van der Waals surface area contributed by atoms with Crippen LogP contribution in [0, 0.1) is 0 Å². The molecule has 0 rings (SSSR count). The fourth-order valence-electron chi connectivity index (χ4n) is 3.42. The average Bonchev–Trinajstić information content (AvgIpc) is 2.79. The number of unbranched alkanes of at least 4 members (excludes halogenated alkanes) is 12. The van der Waals surface area contributed by atoms with E-state index in [0.717, 1.165) is 32.1 Å². The van der Waals surface area contributed by atoms with Crippen LogP contribution >= 0.6 is 11.8 Å². The molecule has 5 nitrogen and oxygen atoms in total. The molecule has 33 heavy (non-hydrogen) atoms. The molecular formula is C27H52O5S. The Hall–Kier alpha value is -0.750. The van der Waals surface area contributed by atoms with E-state index in [-0.39, 0.29) is 23.8 Å². The van der Waals surface area contributed by atoms with Crippen molar-refractivity contribution in [3.05, 3.63) is 0 Å². The molecule has 196 valence electrons. The van der Waals surface area contributed by atoms with Crippen molar-refractivity contribution in [2.24, 2.45) is 0 Å². The molecule has 6 heteroatoms. The Balaban J connectivity index is 4.06. The molecule has 0 aromatic carbocycles. The molecule has 0 aliphatic heterocycles. The van der Waals surface area contributed by atoms with Gasteiger partial charge in [-0.2, -0.15) is 0 Å². The van der Waals surface area contributed by atoms with Crippen molar-refractivity contribution in [2.45, 2.75) is 141 Å². The number of rotatable bonds is 24. The van der Waals surface area contributed by atoms with Crippen molar-refractivity contribution < 1.29 is 23.8 Å². The maximum atomic E-state index is 12.5. The van der Waals surface area contributed by atoms with E-state index in [4.69, 9.17) is 14.2 Å². The zero-order chi connectivity index (χ0) is 24.6. The summed E-state index contributed by atoms with van der Waals surface area (Å²) in [5.41, 5.74) is -0.166. The summed E-state index contributed by atoms with van der Waals surface area (Å²) in [6.45, 7) is 9.78. The Kier molecular flexibility index (Phi) is 23.8. The van der Waals surface area contributed by atoms with Gasteiger partial charge in [0.1, 0.15) is 10.7 Å². The van der Waals surface area contributed by atoms with E-state index < -0.39 is 5.25 Å². The van der Waals surface area contributed by atoms with Gasteiger partial charge in [0.25, 0.3) is 0 Å². The van der Waals surface area contributed by atoms with Crippen molar-refractivity contribution in [3.8, 4) is 0 Å². The van der Waals surface area contributed by atoms with E-state index in [1.165, 1.54) is 76.0 Å². The van der Waals surface area contributed by atoms with Crippen molar-refractivity contribution in [1.82, 2.24) is 0 Å². The van der Waals surface area contributed by atoms with Gasteiger partial charge in [-0.25, -0.2) is 0 Å². The fraction of sp³-hybridized carbons (Fsp3) is 0.926. The highest BCUT2D eigenvalue weighted by atomic mass is 32.2. The number of carbonyl (C=O) groups excluding carboxylic acids is 2. The quantitative estimate of drug-likeness (QED) is 0.0783. The third-order valence-electron chi connectivity index (χ3n) is 5.57. The Bertz CT molecular complexity index is 458. The molecule has 0 aliphatic rings. The van der Waals surface area contributed by atoms with Crippen LogP contribution in [-0.4, -0.2) is 42.4 Å². The molecule has 0 saturated carbocycles. The second kappa shape index (κ2) is 24.4. The lowest BCUT2D eigenvalue weighted by atomic mass is 10.1. The van der Waals surface area contributed by atoms with Crippen molar-refractivity contribution >= 4 is 23.7 Å². The number of thioether (sulfide) groups is 1. The zero-order valence-corrected chi connectivity index (χ0v) is 22.9. The minimum atomic E-state index is -0.580. The van der Waals surface area contributed by atoms with Gasteiger partial charge in [0.2, 0.25) is 0 Å². The van der Waals surface area contributed by atoms with E-state index >= 15 is 0 Å². The van der Waals surface area contributed by atoms with E-state index in [0.29, 0.717) is 19.8 Å². The first kappa shape index (κ1) is 32.2. The molecule has 0 N–H and O–H groups in total. The SMILES string of the molecule is CCCCCCCCCCCCCO[C@H](C)SC(CC(=O)OCCCC)C(=O)OCCCC. The highest BCUT2D eigenvalue weighted by Gasteiger charge is 2.27. The Labute approximate surface area is 208 Å². The summed E-state index contributed by atoms with van der Waals surface area (Å²) in [5.74, 6) is -0.683. The number of ether oxygens (including phenoxy) is 3. The molecular weight excluding hydrogens is 436 g/mol. The fourth-order valence-corrected chi connectivity index (χ4v) is 4.47. The normalized spacial score (nSPS) is 13.0. The first-order chi connectivity index (χ1) is 16.0. The van der Waals surface area contributed by atoms with E-state index in [9.17, 15) is 9.59 Å². The van der Waals surface area contributed by atoms with Gasteiger partial charge in [-0.1, -0.05) is 97.8 Å². The molecule has 0 aromatic rings. The molecule has 0 saturated heterocycles. The topological polar surface area (TPSA) is 61.8 Å². The second-order valence-corrected chi connectivity index (χ2v) is 10.4. The molecule has 0 bridgehead atoms. The van der Waals surface area contributed by atoms with E-state index in [1.54, 1.807) is 0 Å². The van der Waals surface area contributed by atoms with Crippen LogP contribution in [0.1, 0.15) is 130 Å². The first-order valence-corrected chi connectivity index (χ1v) is 14.6. The average molecular weight is 489 g/mol. The zero-order valence-electron chi connectivity index (χ0n) is 22.0. The van der Waals surface area contributed by atoms with Crippen LogP contribution in [0.2, 0.25) is 0 Å². The summed E-state index contributed by atoms with van der Waals surface area (Å²) in [6.07, 6.45) is 18.0. The maximum Gasteiger partial charge on any atom is 0.319 e. The number of hydrogen-bond acceptors (Lipinski definition) is 6. The number of carbonyl (C=O) groups is 2. The highest BCUT2D eigenvalue weighted by molar-refractivity contribution is 8.01. The highest BCUT2D eigenvalue weighted by Crippen LogP contribution is 2.24. The van der Waals surface area contributed by atoms with Crippen LogP contribution < -0.4 is 0 Å². The largest absolute Gasteiger partial charge is 0.466 e. The van der Waals surface area contributed by atoms with Gasteiger partial charge in [0.15, 0.2) is 0 Å². The smallest absolute Gasteiger partial charge is 0.319 e. The van der Waals surface area contributed by atoms with E-state index in [2.05, 4.69) is 13.8 Å². The Morgan fingerprint density at radius 1 is 0.636 bits per heavy atom. The van der Waals surface area contributed by atoms with Crippen molar-refractivity contribution in [3.63, 3.8) is 0 Å². The van der Waals surface area contributed by atoms with Gasteiger partial charge < -0.3 is 14.2 Å². The molecule has 0 spiro atoms. The lowest BCUT2D eigenvalue weighted by molar-refractivity contribution is -0.149. The van der Waals surface area contributed by atoms with Crippen LogP contribution in [0.4, 0.5) is 0 Å². The first-order valence-electron chi connectivity index (χ1n) is 13.6. The molecule has 2 atom stereocenters. The summed E-state index contributed by atoms with van der Waals surface area (Å²) >= 11 is 1.36. The maximum absolute atomic E-state index is 12.5. The van der Waals surface area contributed by atoms with Crippen LogP contribution in [0.25, 0.3) is 0 Å². The van der Waals surface area contributed by atoms with Crippen LogP contribution in [0.3, 0.4) is 0 Å². The predicted molar refractivity (Wildman–Crippen MR) is 140 cm³/mol. The Morgan fingerprint density at radius 2 is 1.12 bits per heavy atom. The summed E-state index contributed by atoms with van der Waals surface area (Å²) in [7, 11) is 0. The number of hydrogen-bond donors (Lipinski definition) is 0. The van der Waals surface area contributed by atoms with Crippen LogP contribution in [-0.2, 0) is 23.8 Å². The number of esters is 2. The lowest BCUT2D eigenvalue weighted by Crippen LogP contribution is -2.27.